The van der Waals surface area contributed by atoms with Crippen molar-refractivity contribution in [1.29, 1.82) is 0 Å². The third kappa shape index (κ3) is 3.29. The Kier molecular flexibility index (Phi) is 4.01. The Hall–Kier alpha value is -1.75. The van der Waals surface area contributed by atoms with Gasteiger partial charge in [0, 0.05) is 14.8 Å². The van der Waals surface area contributed by atoms with E-state index in [1.807, 2.05) is 13.0 Å². The average molecular weight is 389 g/mol. The molecule has 104 valence electrons. The summed E-state index contributed by atoms with van der Waals surface area (Å²) in [6.45, 7) is 1.98. The second kappa shape index (κ2) is 5.93. The Morgan fingerprint density at radius 2 is 1.43 bits per heavy atom. The zero-order valence-electron chi connectivity index (χ0n) is 11.5. The number of benzene rings is 2. The molecule has 0 unspecified atom stereocenters. The quantitative estimate of drug-likeness (QED) is 0.530. The summed E-state index contributed by atoms with van der Waals surface area (Å²) in [4.78, 5) is 4.55. The first-order valence-electron chi connectivity index (χ1n) is 6.62. The van der Waals surface area contributed by atoms with Crippen LogP contribution in [0.2, 0.25) is 0 Å². The van der Waals surface area contributed by atoms with Gasteiger partial charge in [-0.2, -0.15) is 0 Å². The van der Waals surface area contributed by atoms with Gasteiger partial charge in [0.1, 0.15) is 5.82 Å². The molecule has 0 atom stereocenters. The number of aromatic nitrogens is 1. The van der Waals surface area contributed by atoms with Crippen LogP contribution in [-0.2, 0) is 0 Å². The van der Waals surface area contributed by atoms with Crippen LogP contribution >= 0.6 is 22.6 Å². The molecule has 3 rings (SSSR count). The Morgan fingerprint density at radius 3 is 2.10 bits per heavy atom. The van der Waals surface area contributed by atoms with Gasteiger partial charge in [0.15, 0.2) is 0 Å². The summed E-state index contributed by atoms with van der Waals surface area (Å²) in [7, 11) is 0. The Balaban J connectivity index is 2.07. The number of nitrogens with zero attached hydrogens (tertiary/aromatic N) is 1. The molecule has 1 heterocycles. The number of rotatable bonds is 2. The fraction of sp³-hybridized carbons (Fsp3) is 0.0556. The number of hydrogen-bond donors (Lipinski definition) is 0. The summed E-state index contributed by atoms with van der Waals surface area (Å²) in [5.41, 5.74) is 5.02. The first-order valence-corrected chi connectivity index (χ1v) is 7.70. The molecule has 0 bridgehead atoms. The van der Waals surface area contributed by atoms with Crippen molar-refractivity contribution >= 4 is 22.6 Å². The van der Waals surface area contributed by atoms with Gasteiger partial charge in [0.05, 0.1) is 5.69 Å². The molecule has 0 aliphatic heterocycles. The molecule has 0 spiro atoms. The van der Waals surface area contributed by atoms with E-state index in [2.05, 4.69) is 57.9 Å². The van der Waals surface area contributed by atoms with Crippen molar-refractivity contribution in [3.05, 3.63) is 75.7 Å². The predicted molar refractivity (Wildman–Crippen MR) is 92.5 cm³/mol. The second-order valence-corrected chi connectivity index (χ2v) is 6.14. The van der Waals surface area contributed by atoms with Gasteiger partial charge in [-0.15, -0.1) is 0 Å². The summed E-state index contributed by atoms with van der Waals surface area (Å²) >= 11 is 2.29. The lowest BCUT2D eigenvalue weighted by Gasteiger charge is -2.08. The van der Waals surface area contributed by atoms with Crippen molar-refractivity contribution in [1.82, 2.24) is 4.98 Å². The number of aryl methyl sites for hydroxylation is 1. The van der Waals surface area contributed by atoms with E-state index >= 15 is 0 Å². The molecule has 2 aromatic carbocycles. The molecular weight excluding hydrogens is 376 g/mol. The minimum Gasteiger partial charge on any atom is -0.253 e. The molecule has 3 aromatic rings. The van der Waals surface area contributed by atoms with E-state index in [0.717, 1.165) is 28.1 Å². The largest absolute Gasteiger partial charge is 0.253 e. The van der Waals surface area contributed by atoms with Gasteiger partial charge in [-0.05, 0) is 89.2 Å². The molecule has 1 nitrogen and oxygen atoms in total. The Morgan fingerprint density at radius 1 is 0.810 bits per heavy atom. The molecular formula is C18H13FIN. The standard InChI is InChI=1S/C18H13FIN/c1-12-10-15(13-4-8-17(20)9-5-13)11-18(21-12)14-2-6-16(19)7-3-14/h2-11H,1H3. The highest BCUT2D eigenvalue weighted by atomic mass is 127. The maximum Gasteiger partial charge on any atom is 0.123 e. The predicted octanol–water partition coefficient (Wildman–Crippen LogP) is 5.47. The molecule has 0 fully saturated rings. The third-order valence-corrected chi connectivity index (χ3v) is 3.99. The highest BCUT2D eigenvalue weighted by Crippen LogP contribution is 2.26. The monoisotopic (exact) mass is 389 g/mol. The van der Waals surface area contributed by atoms with Crippen LogP contribution in [0, 0.1) is 16.3 Å². The van der Waals surface area contributed by atoms with E-state index in [9.17, 15) is 4.39 Å². The molecule has 1 aromatic heterocycles. The Labute approximate surface area is 137 Å². The molecule has 0 radical (unpaired) electrons. The SMILES string of the molecule is Cc1cc(-c2ccc(I)cc2)cc(-c2ccc(F)cc2)n1. The summed E-state index contributed by atoms with van der Waals surface area (Å²) in [6.07, 6.45) is 0. The molecule has 0 aliphatic rings. The number of halogens is 2. The van der Waals surface area contributed by atoms with Crippen LogP contribution in [0.3, 0.4) is 0 Å². The molecule has 3 heteroatoms. The van der Waals surface area contributed by atoms with Crippen LogP contribution in [0.15, 0.2) is 60.7 Å². The first kappa shape index (κ1) is 14.2. The molecule has 0 aliphatic carbocycles. The topological polar surface area (TPSA) is 12.9 Å². The van der Waals surface area contributed by atoms with Crippen LogP contribution < -0.4 is 0 Å². The Bertz CT molecular complexity index is 700. The van der Waals surface area contributed by atoms with Gasteiger partial charge < -0.3 is 0 Å². The van der Waals surface area contributed by atoms with Crippen LogP contribution in [0.5, 0.6) is 0 Å². The summed E-state index contributed by atoms with van der Waals surface area (Å²) < 4.78 is 14.3. The van der Waals surface area contributed by atoms with E-state index in [1.165, 1.54) is 15.7 Å². The minimum atomic E-state index is -0.232. The van der Waals surface area contributed by atoms with Crippen molar-refractivity contribution < 1.29 is 4.39 Å². The van der Waals surface area contributed by atoms with E-state index in [4.69, 9.17) is 0 Å². The lowest BCUT2D eigenvalue weighted by molar-refractivity contribution is 0.628. The first-order chi connectivity index (χ1) is 10.1. The summed E-state index contributed by atoms with van der Waals surface area (Å²) in [5, 5.41) is 0. The van der Waals surface area contributed by atoms with Gasteiger partial charge in [0.2, 0.25) is 0 Å². The van der Waals surface area contributed by atoms with Crippen LogP contribution in [-0.4, -0.2) is 4.98 Å². The number of pyridine rings is 1. The normalized spacial score (nSPS) is 10.6. The fourth-order valence-corrected chi connectivity index (χ4v) is 2.61. The van der Waals surface area contributed by atoms with E-state index in [1.54, 1.807) is 12.1 Å². The molecule has 0 saturated heterocycles. The average Bonchev–Trinajstić information content (AvgIpc) is 2.48. The van der Waals surface area contributed by atoms with Crippen molar-refractivity contribution in [3.8, 4) is 22.4 Å². The van der Waals surface area contributed by atoms with Crippen molar-refractivity contribution in [3.63, 3.8) is 0 Å². The highest BCUT2D eigenvalue weighted by molar-refractivity contribution is 14.1. The van der Waals surface area contributed by atoms with Gasteiger partial charge in [-0.1, -0.05) is 12.1 Å². The minimum absolute atomic E-state index is 0.232. The van der Waals surface area contributed by atoms with Gasteiger partial charge >= 0.3 is 0 Å². The van der Waals surface area contributed by atoms with E-state index in [-0.39, 0.29) is 5.82 Å². The van der Waals surface area contributed by atoms with E-state index < -0.39 is 0 Å². The second-order valence-electron chi connectivity index (χ2n) is 4.90. The highest BCUT2D eigenvalue weighted by Gasteiger charge is 2.05. The van der Waals surface area contributed by atoms with Crippen LogP contribution in [0.1, 0.15) is 5.69 Å². The molecule has 21 heavy (non-hydrogen) atoms. The zero-order valence-corrected chi connectivity index (χ0v) is 13.6. The smallest absolute Gasteiger partial charge is 0.123 e. The van der Waals surface area contributed by atoms with Crippen LogP contribution in [0.25, 0.3) is 22.4 Å². The molecule has 0 saturated carbocycles. The van der Waals surface area contributed by atoms with Gasteiger partial charge in [0.25, 0.3) is 0 Å². The lowest BCUT2D eigenvalue weighted by Crippen LogP contribution is -1.90. The van der Waals surface area contributed by atoms with Crippen molar-refractivity contribution in [2.45, 2.75) is 6.92 Å². The summed E-state index contributed by atoms with van der Waals surface area (Å²) in [6, 6.07) is 18.9. The van der Waals surface area contributed by atoms with Gasteiger partial charge in [-0.3, -0.25) is 4.98 Å². The number of hydrogen-bond acceptors (Lipinski definition) is 1. The fourth-order valence-electron chi connectivity index (χ4n) is 2.25. The van der Waals surface area contributed by atoms with Gasteiger partial charge in [-0.25, -0.2) is 4.39 Å². The maximum atomic E-state index is 13.0. The lowest BCUT2D eigenvalue weighted by atomic mass is 10.0. The van der Waals surface area contributed by atoms with Crippen molar-refractivity contribution in [2.75, 3.05) is 0 Å². The van der Waals surface area contributed by atoms with Crippen LogP contribution in [0.4, 0.5) is 4.39 Å². The third-order valence-electron chi connectivity index (χ3n) is 3.27. The zero-order chi connectivity index (χ0) is 14.8. The molecule has 0 N–H and O–H groups in total. The van der Waals surface area contributed by atoms with E-state index in [0.29, 0.717) is 0 Å². The summed E-state index contributed by atoms with van der Waals surface area (Å²) in [5.74, 6) is -0.232. The van der Waals surface area contributed by atoms with Crippen molar-refractivity contribution in [2.24, 2.45) is 0 Å². The maximum absolute atomic E-state index is 13.0. The molecule has 0 amide bonds.